The van der Waals surface area contributed by atoms with Gasteiger partial charge >= 0.3 is 0 Å². The lowest BCUT2D eigenvalue weighted by Crippen LogP contribution is -2.35. The van der Waals surface area contributed by atoms with E-state index in [1.807, 2.05) is 0 Å². The number of rotatable bonds is 6. The molecule has 0 aliphatic heterocycles. The van der Waals surface area contributed by atoms with E-state index >= 15 is 0 Å². The number of benzene rings is 1. The van der Waals surface area contributed by atoms with Crippen LogP contribution in [0.15, 0.2) is 18.2 Å². The molecule has 1 saturated carbocycles. The Balaban J connectivity index is 2.20. The summed E-state index contributed by atoms with van der Waals surface area (Å²) in [6.45, 7) is 1.06. The number of nitro benzene ring substituents is 1. The molecule has 5 nitrogen and oxygen atoms in total. The maximum Gasteiger partial charge on any atom is 0.273 e. The van der Waals surface area contributed by atoms with Gasteiger partial charge in [-0.1, -0.05) is 24.4 Å². The summed E-state index contributed by atoms with van der Waals surface area (Å²) in [6, 6.07) is 5.04. The Bertz CT molecular complexity index is 475. The molecular formula is C14H19ClN2O3. The van der Waals surface area contributed by atoms with Crippen molar-refractivity contribution in [2.45, 2.75) is 38.3 Å². The molecule has 1 aromatic rings. The molecule has 1 N–H and O–H groups in total. The molecule has 20 heavy (non-hydrogen) atoms. The standard InChI is InChI=1S/C14H19ClN2O3/c15-12-5-6-14(17(19)20)11(9-12)10-16(7-8-18)13-3-1-2-4-13/h5-6,9,13,18H,1-4,7-8,10H2. The Morgan fingerprint density at radius 3 is 2.70 bits per heavy atom. The maximum atomic E-state index is 11.1. The van der Waals surface area contributed by atoms with Gasteiger partial charge in [-0.2, -0.15) is 0 Å². The van der Waals surface area contributed by atoms with Crippen molar-refractivity contribution in [1.82, 2.24) is 4.90 Å². The van der Waals surface area contributed by atoms with Crippen LogP contribution in [0, 0.1) is 10.1 Å². The normalized spacial score (nSPS) is 15.9. The lowest BCUT2D eigenvalue weighted by Gasteiger charge is -2.28. The fraction of sp³-hybridized carbons (Fsp3) is 0.571. The highest BCUT2D eigenvalue weighted by atomic mass is 35.5. The summed E-state index contributed by atoms with van der Waals surface area (Å²) in [6.07, 6.45) is 4.55. The Kier molecular flexibility index (Phi) is 5.34. The molecular weight excluding hydrogens is 280 g/mol. The number of aliphatic hydroxyl groups is 1. The lowest BCUT2D eigenvalue weighted by atomic mass is 10.1. The summed E-state index contributed by atoms with van der Waals surface area (Å²) in [7, 11) is 0. The third-order valence-electron chi connectivity index (χ3n) is 3.84. The van der Waals surface area contributed by atoms with Crippen LogP contribution < -0.4 is 0 Å². The quantitative estimate of drug-likeness (QED) is 0.647. The predicted molar refractivity (Wildman–Crippen MR) is 77.9 cm³/mol. The molecule has 0 radical (unpaired) electrons. The molecule has 1 fully saturated rings. The first-order valence-electron chi connectivity index (χ1n) is 6.89. The fourth-order valence-electron chi connectivity index (χ4n) is 2.87. The summed E-state index contributed by atoms with van der Waals surface area (Å²) < 4.78 is 0. The minimum absolute atomic E-state index is 0.0604. The zero-order chi connectivity index (χ0) is 14.5. The van der Waals surface area contributed by atoms with Crippen LogP contribution in [0.1, 0.15) is 31.2 Å². The van der Waals surface area contributed by atoms with Gasteiger partial charge in [0.25, 0.3) is 5.69 Å². The van der Waals surface area contributed by atoms with Gasteiger partial charge in [0.05, 0.1) is 11.5 Å². The zero-order valence-corrected chi connectivity index (χ0v) is 12.1. The molecule has 0 saturated heterocycles. The Hall–Kier alpha value is -1.17. The van der Waals surface area contributed by atoms with Crippen LogP contribution in [-0.4, -0.2) is 34.1 Å². The minimum atomic E-state index is -0.378. The van der Waals surface area contributed by atoms with Crippen molar-refractivity contribution < 1.29 is 10.0 Å². The van der Waals surface area contributed by atoms with Gasteiger partial charge in [-0.25, -0.2) is 0 Å². The van der Waals surface area contributed by atoms with Gasteiger partial charge in [0.15, 0.2) is 0 Å². The number of hydrogen-bond acceptors (Lipinski definition) is 4. The van der Waals surface area contributed by atoms with E-state index in [1.54, 1.807) is 6.07 Å². The summed E-state index contributed by atoms with van der Waals surface area (Å²) in [5, 5.41) is 20.8. The lowest BCUT2D eigenvalue weighted by molar-refractivity contribution is -0.385. The zero-order valence-electron chi connectivity index (χ0n) is 11.3. The number of nitrogens with zero attached hydrogens (tertiary/aromatic N) is 2. The SMILES string of the molecule is O=[N+]([O-])c1ccc(Cl)cc1CN(CCO)C1CCCC1. The Labute approximate surface area is 123 Å². The molecule has 0 aromatic heterocycles. The maximum absolute atomic E-state index is 11.1. The van der Waals surface area contributed by atoms with Crippen LogP contribution in [0.4, 0.5) is 5.69 Å². The highest BCUT2D eigenvalue weighted by Gasteiger charge is 2.24. The van der Waals surface area contributed by atoms with E-state index in [0.717, 1.165) is 12.8 Å². The molecule has 2 rings (SSSR count). The predicted octanol–water partition coefficient (Wildman–Crippen LogP) is 2.99. The molecule has 0 atom stereocenters. The summed E-state index contributed by atoms with van der Waals surface area (Å²) in [4.78, 5) is 12.8. The number of hydrogen-bond donors (Lipinski definition) is 1. The van der Waals surface area contributed by atoms with Crippen LogP contribution in [0.3, 0.4) is 0 Å². The van der Waals surface area contributed by atoms with Gasteiger partial charge in [0.2, 0.25) is 0 Å². The van der Waals surface area contributed by atoms with Gasteiger partial charge in [-0.05, 0) is 25.0 Å². The topological polar surface area (TPSA) is 66.6 Å². The van der Waals surface area contributed by atoms with Crippen molar-refractivity contribution in [2.24, 2.45) is 0 Å². The third kappa shape index (κ3) is 3.69. The third-order valence-corrected chi connectivity index (χ3v) is 4.08. The van der Waals surface area contributed by atoms with Crippen molar-refractivity contribution in [3.05, 3.63) is 38.9 Å². The molecule has 0 spiro atoms. The molecule has 0 unspecified atom stereocenters. The van der Waals surface area contributed by atoms with Crippen LogP contribution >= 0.6 is 11.6 Å². The molecule has 1 aromatic carbocycles. The van der Waals surface area contributed by atoms with Crippen molar-refractivity contribution in [2.75, 3.05) is 13.2 Å². The number of nitro groups is 1. The van der Waals surface area contributed by atoms with E-state index in [9.17, 15) is 15.2 Å². The van der Waals surface area contributed by atoms with Crippen LogP contribution in [0.25, 0.3) is 0 Å². The van der Waals surface area contributed by atoms with Crippen LogP contribution in [0.5, 0.6) is 0 Å². The van der Waals surface area contributed by atoms with E-state index in [1.165, 1.54) is 25.0 Å². The first kappa shape index (κ1) is 15.2. The first-order chi connectivity index (χ1) is 9.61. The monoisotopic (exact) mass is 298 g/mol. The number of halogens is 1. The van der Waals surface area contributed by atoms with Crippen molar-refractivity contribution >= 4 is 17.3 Å². The highest BCUT2D eigenvalue weighted by molar-refractivity contribution is 6.30. The van der Waals surface area contributed by atoms with E-state index in [0.29, 0.717) is 29.7 Å². The van der Waals surface area contributed by atoms with E-state index in [-0.39, 0.29) is 17.2 Å². The molecule has 1 aliphatic carbocycles. The molecule has 0 amide bonds. The van der Waals surface area contributed by atoms with Gasteiger partial charge in [-0.15, -0.1) is 0 Å². The Morgan fingerprint density at radius 2 is 2.10 bits per heavy atom. The average molecular weight is 299 g/mol. The molecule has 6 heteroatoms. The van der Waals surface area contributed by atoms with Crippen molar-refractivity contribution in [1.29, 1.82) is 0 Å². The van der Waals surface area contributed by atoms with Crippen molar-refractivity contribution in [3.63, 3.8) is 0 Å². The highest BCUT2D eigenvalue weighted by Crippen LogP contribution is 2.28. The van der Waals surface area contributed by atoms with Gasteiger partial charge < -0.3 is 5.11 Å². The van der Waals surface area contributed by atoms with Gasteiger partial charge in [0.1, 0.15) is 0 Å². The summed E-state index contributed by atoms with van der Waals surface area (Å²) in [5.41, 5.74) is 0.707. The number of aliphatic hydroxyl groups excluding tert-OH is 1. The van der Waals surface area contributed by atoms with Gasteiger partial charge in [0, 0.05) is 35.8 Å². The fourth-order valence-corrected chi connectivity index (χ4v) is 3.06. The van der Waals surface area contributed by atoms with Crippen LogP contribution in [-0.2, 0) is 6.54 Å². The molecule has 1 aliphatic rings. The van der Waals surface area contributed by atoms with E-state index in [2.05, 4.69) is 4.90 Å². The second-order valence-corrected chi connectivity index (χ2v) is 5.60. The average Bonchev–Trinajstić information content (AvgIpc) is 2.91. The van der Waals surface area contributed by atoms with Crippen LogP contribution in [0.2, 0.25) is 5.02 Å². The van der Waals surface area contributed by atoms with Gasteiger partial charge in [-0.3, -0.25) is 15.0 Å². The first-order valence-corrected chi connectivity index (χ1v) is 7.27. The minimum Gasteiger partial charge on any atom is -0.395 e. The summed E-state index contributed by atoms with van der Waals surface area (Å²) >= 11 is 5.95. The second kappa shape index (κ2) is 7.02. The molecule has 0 bridgehead atoms. The second-order valence-electron chi connectivity index (χ2n) is 5.16. The molecule has 0 heterocycles. The largest absolute Gasteiger partial charge is 0.395 e. The van der Waals surface area contributed by atoms with E-state index in [4.69, 9.17) is 11.6 Å². The molecule has 110 valence electrons. The smallest absolute Gasteiger partial charge is 0.273 e. The van der Waals surface area contributed by atoms with Crippen molar-refractivity contribution in [3.8, 4) is 0 Å². The van der Waals surface area contributed by atoms with E-state index < -0.39 is 0 Å². The summed E-state index contributed by atoms with van der Waals surface area (Å²) in [5.74, 6) is 0. The Morgan fingerprint density at radius 1 is 1.40 bits per heavy atom.